The van der Waals surface area contributed by atoms with E-state index in [1.165, 1.54) is 24.8 Å². The number of hydrogen-bond acceptors (Lipinski definition) is 7. The average Bonchev–Trinajstić information content (AvgIpc) is 3.44. The molecule has 31 heavy (non-hydrogen) atoms. The maximum absolute atomic E-state index is 13.4. The lowest BCUT2D eigenvalue weighted by Gasteiger charge is -2.56. The van der Waals surface area contributed by atoms with Crippen molar-refractivity contribution in [1.29, 1.82) is 5.26 Å². The highest BCUT2D eigenvalue weighted by molar-refractivity contribution is 8.02. The third-order valence-electron chi connectivity index (χ3n) is 6.40. The summed E-state index contributed by atoms with van der Waals surface area (Å²) in [6.07, 6.45) is 2.13. The fourth-order valence-electron chi connectivity index (χ4n) is 4.71. The largest absolute Gasteiger partial charge is 0.461 e. The summed E-state index contributed by atoms with van der Waals surface area (Å²) in [5.74, 6) is -1.52. The van der Waals surface area contributed by atoms with Crippen molar-refractivity contribution >= 4 is 35.1 Å². The van der Waals surface area contributed by atoms with Gasteiger partial charge >= 0.3 is 5.97 Å². The average molecular weight is 440 g/mol. The number of hydrogen-bond donors (Lipinski definition) is 1. The summed E-state index contributed by atoms with van der Waals surface area (Å²) in [6.45, 7) is 7.57. The Bertz CT molecular complexity index is 989. The molecule has 1 spiro atoms. The molecule has 162 valence electrons. The molecule has 1 amide bonds. The minimum absolute atomic E-state index is 0.0135. The fourth-order valence-corrected chi connectivity index (χ4v) is 6.78. The Morgan fingerprint density at radius 3 is 2.90 bits per heavy atom. The number of carbonyl (C=O) groups is 3. The van der Waals surface area contributed by atoms with Crippen LogP contribution >= 0.6 is 11.8 Å². The number of benzene rings is 1. The third kappa shape index (κ3) is 3.41. The number of anilines is 1. The van der Waals surface area contributed by atoms with E-state index in [1.54, 1.807) is 17.0 Å². The van der Waals surface area contributed by atoms with Crippen LogP contribution in [0.25, 0.3) is 0 Å². The smallest absolute Gasteiger partial charge is 0.311 e. The summed E-state index contributed by atoms with van der Waals surface area (Å²) >= 11 is 1.51. The zero-order chi connectivity index (χ0) is 22.3. The Hall–Kier alpha value is -2.79. The molecule has 2 aliphatic carbocycles. The van der Waals surface area contributed by atoms with Crippen LogP contribution in [0.4, 0.5) is 5.69 Å². The molecule has 4 rings (SSSR count). The van der Waals surface area contributed by atoms with E-state index in [9.17, 15) is 19.6 Å². The second-order valence-electron chi connectivity index (χ2n) is 8.19. The lowest BCUT2D eigenvalue weighted by Crippen LogP contribution is -2.70. The van der Waals surface area contributed by atoms with Crippen molar-refractivity contribution in [3.05, 3.63) is 42.5 Å². The van der Waals surface area contributed by atoms with Gasteiger partial charge in [-0.15, -0.1) is 11.8 Å². The van der Waals surface area contributed by atoms with Crippen molar-refractivity contribution in [2.24, 2.45) is 11.8 Å². The first kappa shape index (κ1) is 21.4. The summed E-state index contributed by atoms with van der Waals surface area (Å²) in [5.41, 5.74) is 1.40. The van der Waals surface area contributed by atoms with Crippen molar-refractivity contribution in [3.8, 4) is 6.07 Å². The Morgan fingerprint density at radius 2 is 2.26 bits per heavy atom. The Morgan fingerprint density at radius 1 is 1.48 bits per heavy atom. The van der Waals surface area contributed by atoms with Crippen LogP contribution in [0, 0.1) is 23.2 Å². The normalized spacial score (nSPS) is 33.0. The van der Waals surface area contributed by atoms with Crippen LogP contribution in [0.5, 0.6) is 0 Å². The molecule has 6 atom stereocenters. The number of ether oxygens (including phenoxy) is 1. The number of nitrogens with zero attached hydrogens (tertiary/aromatic N) is 2. The van der Waals surface area contributed by atoms with Crippen LogP contribution in [-0.2, 0) is 14.3 Å². The van der Waals surface area contributed by atoms with Crippen molar-refractivity contribution in [2.75, 3.05) is 18.5 Å². The fraction of sp³-hybridized carbons (Fsp3) is 0.478. The quantitative estimate of drug-likeness (QED) is 0.396. The van der Waals surface area contributed by atoms with Crippen LogP contribution in [0.1, 0.15) is 30.6 Å². The molecule has 3 aliphatic rings. The zero-order valence-electron chi connectivity index (χ0n) is 17.5. The standard InChI is InChI=1S/C23H25N3O4S/c1-4-9-30-21(28)18-16(12-24)19-20(18)31-23(22(29)26(19)5-2)11-17(23)25-15-8-6-7-14(10-15)13(3)27/h4,6-8,10,16-20,25H,1,5,9,11H2,2-3H3. The zero-order valence-corrected chi connectivity index (χ0v) is 18.4. The van der Waals surface area contributed by atoms with E-state index < -0.39 is 22.6 Å². The second kappa shape index (κ2) is 8.04. The van der Waals surface area contributed by atoms with Gasteiger partial charge in [-0.1, -0.05) is 24.8 Å². The number of thioether (sulfide) groups is 1. The maximum atomic E-state index is 13.4. The van der Waals surface area contributed by atoms with Crippen molar-refractivity contribution in [1.82, 2.24) is 4.90 Å². The molecule has 1 aromatic rings. The molecule has 2 saturated carbocycles. The van der Waals surface area contributed by atoms with E-state index in [4.69, 9.17) is 4.74 Å². The van der Waals surface area contributed by atoms with Crippen LogP contribution in [-0.4, -0.2) is 57.8 Å². The summed E-state index contributed by atoms with van der Waals surface area (Å²) in [6, 6.07) is 9.09. The maximum Gasteiger partial charge on any atom is 0.311 e. The van der Waals surface area contributed by atoms with Crippen LogP contribution in [0.3, 0.4) is 0 Å². The van der Waals surface area contributed by atoms with Gasteiger partial charge in [-0.2, -0.15) is 5.26 Å². The molecule has 1 aliphatic heterocycles. The summed E-state index contributed by atoms with van der Waals surface area (Å²) in [4.78, 5) is 39.4. The molecular formula is C23H25N3O4S. The highest BCUT2D eigenvalue weighted by atomic mass is 32.2. The molecule has 8 heteroatoms. The molecule has 0 aromatic heterocycles. The Balaban J connectivity index is 1.55. The number of esters is 1. The number of nitrogens with one attached hydrogen (secondary N) is 1. The number of carbonyl (C=O) groups excluding carboxylic acids is 3. The summed E-state index contributed by atoms with van der Waals surface area (Å²) < 4.78 is 4.58. The molecule has 1 aromatic carbocycles. The summed E-state index contributed by atoms with van der Waals surface area (Å²) in [7, 11) is 0. The third-order valence-corrected chi connectivity index (χ3v) is 8.29. The number of nitriles is 1. The Kier molecular flexibility index (Phi) is 5.56. The number of Topliss-reactive ketones (excluding diaryl/α,β-unsaturated/α-hetero) is 1. The molecule has 1 N–H and O–H groups in total. The minimum Gasteiger partial charge on any atom is -0.461 e. The number of amides is 1. The van der Waals surface area contributed by atoms with Gasteiger partial charge in [0.05, 0.1) is 30.0 Å². The highest BCUT2D eigenvalue weighted by Crippen LogP contribution is 2.63. The second-order valence-corrected chi connectivity index (χ2v) is 9.70. The van der Waals surface area contributed by atoms with Gasteiger partial charge in [0.1, 0.15) is 11.4 Å². The van der Waals surface area contributed by atoms with E-state index in [0.717, 1.165) is 5.69 Å². The van der Waals surface area contributed by atoms with Gasteiger partial charge in [-0.25, -0.2) is 0 Å². The SMILES string of the molecule is C=CCOC(=O)C1C(C#N)C2C1SC1(CC1Nc1cccc(C(C)=O)c1)C(=O)N2CC. The summed E-state index contributed by atoms with van der Waals surface area (Å²) in [5, 5.41) is 12.9. The minimum atomic E-state index is -0.666. The van der Waals surface area contributed by atoms with Gasteiger partial charge in [0.25, 0.3) is 0 Å². The van der Waals surface area contributed by atoms with Gasteiger partial charge in [0, 0.05) is 23.0 Å². The van der Waals surface area contributed by atoms with Crippen LogP contribution in [0.2, 0.25) is 0 Å². The van der Waals surface area contributed by atoms with Gasteiger partial charge in [0.2, 0.25) is 5.91 Å². The number of fused-ring (bicyclic) bond motifs is 1. The van der Waals surface area contributed by atoms with Gasteiger partial charge < -0.3 is 15.0 Å². The Labute approximate surface area is 185 Å². The van der Waals surface area contributed by atoms with Gasteiger partial charge in [-0.3, -0.25) is 14.4 Å². The van der Waals surface area contributed by atoms with E-state index >= 15 is 0 Å². The van der Waals surface area contributed by atoms with Gasteiger partial charge in [-0.05, 0) is 32.4 Å². The number of ketones is 1. The monoisotopic (exact) mass is 439 g/mol. The lowest BCUT2D eigenvalue weighted by molar-refractivity contribution is -0.159. The van der Waals surface area contributed by atoms with Gasteiger partial charge in [0.15, 0.2) is 5.78 Å². The molecule has 0 bridgehead atoms. The van der Waals surface area contributed by atoms with Crippen LogP contribution in [0.15, 0.2) is 36.9 Å². The van der Waals surface area contributed by atoms with E-state index in [2.05, 4.69) is 18.0 Å². The predicted octanol–water partition coefficient (Wildman–Crippen LogP) is 2.64. The van der Waals surface area contributed by atoms with Crippen molar-refractivity contribution < 1.29 is 19.1 Å². The van der Waals surface area contributed by atoms with E-state index in [-0.39, 0.29) is 35.6 Å². The molecule has 1 saturated heterocycles. The predicted molar refractivity (Wildman–Crippen MR) is 118 cm³/mol. The lowest BCUT2D eigenvalue weighted by atomic mass is 9.68. The highest BCUT2D eigenvalue weighted by Gasteiger charge is 2.73. The molecule has 0 radical (unpaired) electrons. The van der Waals surface area contributed by atoms with Crippen molar-refractivity contribution in [3.63, 3.8) is 0 Å². The van der Waals surface area contributed by atoms with Crippen molar-refractivity contribution in [2.45, 2.75) is 42.3 Å². The molecular weight excluding hydrogens is 414 g/mol. The molecule has 1 heterocycles. The first-order valence-corrected chi connectivity index (χ1v) is 11.3. The topological polar surface area (TPSA) is 99.5 Å². The molecule has 7 nitrogen and oxygen atoms in total. The first-order chi connectivity index (χ1) is 14.9. The van der Waals surface area contributed by atoms with E-state index in [1.807, 2.05) is 19.1 Å². The van der Waals surface area contributed by atoms with E-state index in [0.29, 0.717) is 18.5 Å². The van der Waals surface area contributed by atoms with Crippen LogP contribution < -0.4 is 5.32 Å². The first-order valence-electron chi connectivity index (χ1n) is 10.4. The molecule has 6 unspecified atom stereocenters. The number of rotatable bonds is 7. The molecule has 3 fully saturated rings.